The molecule has 0 saturated heterocycles. The maximum absolute atomic E-state index is 5.68. The fourth-order valence-electron chi connectivity index (χ4n) is 1.74. The predicted molar refractivity (Wildman–Crippen MR) is 55.8 cm³/mol. The van der Waals surface area contributed by atoms with Crippen molar-refractivity contribution >= 4 is 0 Å². The Balaban J connectivity index is 1.87. The van der Waals surface area contributed by atoms with E-state index in [1.807, 2.05) is 13.1 Å². The maximum atomic E-state index is 5.68. The molecule has 0 spiro atoms. The van der Waals surface area contributed by atoms with Crippen molar-refractivity contribution in [2.45, 2.75) is 31.8 Å². The van der Waals surface area contributed by atoms with E-state index in [9.17, 15) is 0 Å². The van der Waals surface area contributed by atoms with Crippen LogP contribution in [0.4, 0.5) is 0 Å². The highest BCUT2D eigenvalue weighted by molar-refractivity contribution is 4.81. The summed E-state index contributed by atoms with van der Waals surface area (Å²) < 4.78 is 5.68. The zero-order valence-corrected chi connectivity index (χ0v) is 8.59. The first-order valence-corrected chi connectivity index (χ1v) is 5.24. The van der Waals surface area contributed by atoms with E-state index < -0.39 is 0 Å². The van der Waals surface area contributed by atoms with Crippen molar-refractivity contribution in [3.8, 4) is 0 Å². The quantitative estimate of drug-likeness (QED) is 0.481. The van der Waals surface area contributed by atoms with Gasteiger partial charge in [-0.15, -0.1) is 6.58 Å². The van der Waals surface area contributed by atoms with E-state index in [-0.39, 0.29) is 0 Å². The molecule has 1 aliphatic carbocycles. The number of unbranched alkanes of at least 4 members (excludes halogenated alkanes) is 1. The van der Waals surface area contributed by atoms with Gasteiger partial charge in [-0.25, -0.2) is 0 Å². The molecule has 0 aromatic rings. The molecule has 0 unspecified atom stereocenters. The summed E-state index contributed by atoms with van der Waals surface area (Å²) in [6.45, 7) is 5.74. The first kappa shape index (κ1) is 10.7. The zero-order valence-electron chi connectivity index (χ0n) is 8.59. The molecule has 0 aliphatic heterocycles. The van der Waals surface area contributed by atoms with Crippen LogP contribution in [0.5, 0.6) is 0 Å². The average molecular weight is 183 g/mol. The molecule has 2 heteroatoms. The van der Waals surface area contributed by atoms with Crippen LogP contribution in [0.3, 0.4) is 0 Å². The summed E-state index contributed by atoms with van der Waals surface area (Å²) in [7, 11) is 2.01. The third-order valence-electron chi connectivity index (χ3n) is 2.59. The van der Waals surface area contributed by atoms with Gasteiger partial charge in [0.25, 0.3) is 0 Å². The van der Waals surface area contributed by atoms with E-state index in [4.69, 9.17) is 4.74 Å². The second-order valence-corrected chi connectivity index (χ2v) is 3.82. The van der Waals surface area contributed by atoms with E-state index in [1.165, 1.54) is 12.8 Å². The van der Waals surface area contributed by atoms with E-state index >= 15 is 0 Å². The molecule has 2 nitrogen and oxygen atoms in total. The monoisotopic (exact) mass is 183 g/mol. The molecule has 1 saturated carbocycles. The highest BCUT2D eigenvalue weighted by Crippen LogP contribution is 2.29. The lowest BCUT2D eigenvalue weighted by Crippen LogP contribution is -2.37. The van der Waals surface area contributed by atoms with Gasteiger partial charge in [0, 0.05) is 6.61 Å². The van der Waals surface area contributed by atoms with Crippen LogP contribution >= 0.6 is 0 Å². The Kier molecular flexibility index (Phi) is 5.09. The van der Waals surface area contributed by atoms with E-state index in [2.05, 4.69) is 11.9 Å². The molecule has 13 heavy (non-hydrogen) atoms. The van der Waals surface area contributed by atoms with Gasteiger partial charge in [-0.3, -0.25) is 0 Å². The van der Waals surface area contributed by atoms with Crippen molar-refractivity contribution in [2.75, 3.05) is 20.2 Å². The van der Waals surface area contributed by atoms with Crippen molar-refractivity contribution in [1.29, 1.82) is 0 Å². The molecular weight excluding hydrogens is 162 g/mol. The van der Waals surface area contributed by atoms with Gasteiger partial charge >= 0.3 is 0 Å². The topological polar surface area (TPSA) is 21.3 Å². The van der Waals surface area contributed by atoms with Crippen LogP contribution in [0, 0.1) is 5.92 Å². The molecule has 0 aromatic heterocycles. The fourth-order valence-corrected chi connectivity index (χ4v) is 1.74. The minimum Gasteiger partial charge on any atom is -0.378 e. The Labute approximate surface area is 81.4 Å². The minimum atomic E-state index is 0.545. The second kappa shape index (κ2) is 6.17. The van der Waals surface area contributed by atoms with Gasteiger partial charge in [0.05, 0.1) is 6.10 Å². The predicted octanol–water partition coefficient (Wildman–Crippen LogP) is 1.97. The van der Waals surface area contributed by atoms with E-state index in [0.717, 1.165) is 31.9 Å². The van der Waals surface area contributed by atoms with Gasteiger partial charge < -0.3 is 10.1 Å². The lowest BCUT2D eigenvalue weighted by Gasteiger charge is -2.35. The number of allylic oxidation sites excluding steroid dienone is 1. The summed E-state index contributed by atoms with van der Waals surface area (Å²) in [5.74, 6) is 0.856. The van der Waals surface area contributed by atoms with Gasteiger partial charge in [0.1, 0.15) is 0 Å². The highest BCUT2D eigenvalue weighted by atomic mass is 16.5. The molecule has 1 rings (SSSR count). The van der Waals surface area contributed by atoms with Crippen molar-refractivity contribution in [2.24, 2.45) is 5.92 Å². The summed E-state index contributed by atoms with van der Waals surface area (Å²) in [6, 6.07) is 0. The molecule has 0 amide bonds. The fraction of sp³-hybridized carbons (Fsp3) is 0.818. The van der Waals surface area contributed by atoms with Crippen LogP contribution in [-0.2, 0) is 4.74 Å². The molecule has 76 valence electrons. The highest BCUT2D eigenvalue weighted by Gasteiger charge is 2.28. The van der Waals surface area contributed by atoms with Crippen molar-refractivity contribution in [3.63, 3.8) is 0 Å². The molecule has 0 aromatic carbocycles. The molecule has 1 aliphatic rings. The normalized spacial score (nSPS) is 26.8. The van der Waals surface area contributed by atoms with Crippen LogP contribution < -0.4 is 5.32 Å². The number of hydrogen-bond acceptors (Lipinski definition) is 2. The second-order valence-electron chi connectivity index (χ2n) is 3.82. The summed E-state index contributed by atoms with van der Waals surface area (Å²) in [6.07, 6.45) is 7.18. The molecule has 0 atom stereocenters. The first-order valence-electron chi connectivity index (χ1n) is 5.24. The van der Waals surface area contributed by atoms with E-state index in [1.54, 1.807) is 0 Å². The molecule has 1 N–H and O–H groups in total. The van der Waals surface area contributed by atoms with Gasteiger partial charge in [-0.1, -0.05) is 6.08 Å². The smallest absolute Gasteiger partial charge is 0.0581 e. The molecular formula is C11H21NO. The standard InChI is InChI=1S/C11H21NO/c1-3-4-5-6-13-11-7-10(8-11)9-12-2/h3,10-12H,1,4-9H2,2H3. The lowest BCUT2D eigenvalue weighted by molar-refractivity contribution is -0.0299. The Morgan fingerprint density at radius 1 is 1.54 bits per heavy atom. The Morgan fingerprint density at radius 3 is 2.92 bits per heavy atom. The Bertz CT molecular complexity index is 141. The molecule has 0 bridgehead atoms. The van der Waals surface area contributed by atoms with Crippen molar-refractivity contribution in [3.05, 3.63) is 12.7 Å². The van der Waals surface area contributed by atoms with Crippen LogP contribution in [0.1, 0.15) is 25.7 Å². The SMILES string of the molecule is C=CCCCOC1CC(CNC)C1. The van der Waals surface area contributed by atoms with Crippen molar-refractivity contribution in [1.82, 2.24) is 5.32 Å². The van der Waals surface area contributed by atoms with Crippen LogP contribution in [0.2, 0.25) is 0 Å². The maximum Gasteiger partial charge on any atom is 0.0581 e. The number of ether oxygens (including phenoxy) is 1. The van der Waals surface area contributed by atoms with Gasteiger partial charge in [-0.2, -0.15) is 0 Å². The summed E-state index contributed by atoms with van der Waals surface area (Å²) in [4.78, 5) is 0. The molecule has 0 radical (unpaired) electrons. The number of nitrogens with one attached hydrogen (secondary N) is 1. The molecule has 0 heterocycles. The average Bonchev–Trinajstić information content (AvgIpc) is 2.07. The van der Waals surface area contributed by atoms with Gasteiger partial charge in [0.2, 0.25) is 0 Å². The third-order valence-corrected chi connectivity index (χ3v) is 2.59. The van der Waals surface area contributed by atoms with Gasteiger partial charge in [-0.05, 0) is 45.2 Å². The summed E-state index contributed by atoms with van der Waals surface area (Å²) in [5.41, 5.74) is 0. The summed E-state index contributed by atoms with van der Waals surface area (Å²) in [5, 5.41) is 3.20. The number of rotatable bonds is 7. The Hall–Kier alpha value is -0.340. The van der Waals surface area contributed by atoms with Crippen molar-refractivity contribution < 1.29 is 4.74 Å². The summed E-state index contributed by atoms with van der Waals surface area (Å²) >= 11 is 0. The van der Waals surface area contributed by atoms with Gasteiger partial charge in [0.15, 0.2) is 0 Å². The first-order chi connectivity index (χ1) is 6.36. The molecule has 1 fully saturated rings. The van der Waals surface area contributed by atoms with Crippen LogP contribution in [0.15, 0.2) is 12.7 Å². The van der Waals surface area contributed by atoms with E-state index in [0.29, 0.717) is 6.10 Å². The zero-order chi connectivity index (χ0) is 9.52. The Morgan fingerprint density at radius 2 is 2.31 bits per heavy atom. The number of hydrogen-bond donors (Lipinski definition) is 1. The third kappa shape index (κ3) is 3.92. The lowest BCUT2D eigenvalue weighted by atomic mass is 9.82. The van der Waals surface area contributed by atoms with Crippen LogP contribution in [-0.4, -0.2) is 26.3 Å². The minimum absolute atomic E-state index is 0.545. The van der Waals surface area contributed by atoms with Crippen LogP contribution in [0.25, 0.3) is 0 Å². The largest absolute Gasteiger partial charge is 0.378 e.